The van der Waals surface area contributed by atoms with E-state index in [1.807, 2.05) is 0 Å². The van der Waals surface area contributed by atoms with Crippen LogP contribution in [0.1, 0.15) is 10.4 Å². The Morgan fingerprint density at radius 2 is 1.92 bits per heavy atom. The van der Waals surface area contributed by atoms with Gasteiger partial charge in [-0.05, 0) is 42.3 Å². The molecule has 124 valence electrons. The second-order valence-electron chi connectivity index (χ2n) is 4.82. The lowest BCUT2D eigenvalue weighted by atomic mass is 10.0. The molecule has 24 heavy (non-hydrogen) atoms. The summed E-state index contributed by atoms with van der Waals surface area (Å²) in [5.41, 5.74) is 0.856. The van der Waals surface area contributed by atoms with Gasteiger partial charge in [0.25, 0.3) is 0 Å². The number of carbonyl (C=O) groups is 2. The molecular weight excluding hydrogens is 312 g/mol. The Morgan fingerprint density at radius 1 is 1.21 bits per heavy atom. The van der Waals surface area contributed by atoms with Gasteiger partial charge in [0.15, 0.2) is 6.10 Å². The van der Waals surface area contributed by atoms with Gasteiger partial charge in [-0.2, -0.15) is 0 Å². The van der Waals surface area contributed by atoms with Gasteiger partial charge in [0, 0.05) is 18.8 Å². The lowest BCUT2D eigenvalue weighted by molar-refractivity contribution is -0.134. The summed E-state index contributed by atoms with van der Waals surface area (Å²) in [4.78, 5) is 23.2. The SMILES string of the molecule is COC(=O)/C=C/C1=C[C@@H](OC)C(OC(=O)c2ccc(O)cc2)C#C1. The number of methoxy groups -OCH3 is 2. The number of hydrogen-bond acceptors (Lipinski definition) is 6. The molecule has 2 rings (SSSR count). The summed E-state index contributed by atoms with van der Waals surface area (Å²) in [6.45, 7) is 0. The van der Waals surface area contributed by atoms with Gasteiger partial charge in [-0.25, -0.2) is 9.59 Å². The first-order valence-electron chi connectivity index (χ1n) is 7.05. The van der Waals surface area contributed by atoms with Gasteiger partial charge in [0.1, 0.15) is 11.9 Å². The second-order valence-corrected chi connectivity index (χ2v) is 4.82. The summed E-state index contributed by atoms with van der Waals surface area (Å²) in [5, 5.41) is 9.23. The van der Waals surface area contributed by atoms with Crippen molar-refractivity contribution in [2.24, 2.45) is 0 Å². The number of rotatable bonds is 5. The van der Waals surface area contributed by atoms with Crippen molar-refractivity contribution in [3.05, 3.63) is 53.6 Å². The summed E-state index contributed by atoms with van der Waals surface area (Å²) >= 11 is 0. The summed E-state index contributed by atoms with van der Waals surface area (Å²) in [6, 6.07) is 5.70. The molecule has 1 aromatic rings. The molecule has 1 unspecified atom stereocenters. The average molecular weight is 328 g/mol. The Balaban J connectivity index is 2.07. The third kappa shape index (κ3) is 4.48. The first-order valence-corrected chi connectivity index (χ1v) is 7.05. The predicted octanol–water partition coefficient (Wildman–Crippen LogP) is 1.61. The van der Waals surface area contributed by atoms with Gasteiger partial charge in [0.2, 0.25) is 0 Å². The summed E-state index contributed by atoms with van der Waals surface area (Å²) in [5.74, 6) is 4.58. The Labute approximate surface area is 139 Å². The molecule has 0 bridgehead atoms. The van der Waals surface area contributed by atoms with Crippen LogP contribution in [0.3, 0.4) is 0 Å². The van der Waals surface area contributed by atoms with E-state index in [9.17, 15) is 14.7 Å². The molecule has 1 aromatic carbocycles. The van der Waals surface area contributed by atoms with E-state index in [-0.39, 0.29) is 5.75 Å². The first-order chi connectivity index (χ1) is 11.5. The molecule has 1 N–H and O–H groups in total. The molecule has 2 atom stereocenters. The highest BCUT2D eigenvalue weighted by atomic mass is 16.6. The molecule has 0 aromatic heterocycles. The zero-order chi connectivity index (χ0) is 17.5. The number of hydrogen-bond donors (Lipinski definition) is 1. The van der Waals surface area contributed by atoms with E-state index in [0.29, 0.717) is 11.1 Å². The number of benzene rings is 1. The van der Waals surface area contributed by atoms with Crippen LogP contribution in [0.5, 0.6) is 5.75 Å². The van der Waals surface area contributed by atoms with E-state index in [1.54, 1.807) is 6.08 Å². The molecule has 0 saturated carbocycles. The predicted molar refractivity (Wildman–Crippen MR) is 85.1 cm³/mol. The number of phenols is 1. The minimum Gasteiger partial charge on any atom is -0.508 e. The molecule has 1 aliphatic rings. The highest BCUT2D eigenvalue weighted by molar-refractivity contribution is 5.89. The van der Waals surface area contributed by atoms with Crippen molar-refractivity contribution in [3.63, 3.8) is 0 Å². The van der Waals surface area contributed by atoms with Gasteiger partial charge >= 0.3 is 11.9 Å². The van der Waals surface area contributed by atoms with Crippen LogP contribution in [-0.4, -0.2) is 43.5 Å². The molecule has 0 heterocycles. The molecule has 1 aliphatic carbocycles. The summed E-state index contributed by atoms with van der Waals surface area (Å²) < 4.78 is 15.1. The molecule has 0 amide bonds. The maximum Gasteiger partial charge on any atom is 0.339 e. The topological polar surface area (TPSA) is 82.1 Å². The van der Waals surface area contributed by atoms with Gasteiger partial charge in [0.05, 0.1) is 12.7 Å². The van der Waals surface area contributed by atoms with E-state index < -0.39 is 24.1 Å². The number of ether oxygens (including phenoxy) is 3. The smallest absolute Gasteiger partial charge is 0.339 e. The third-order valence-electron chi connectivity index (χ3n) is 3.21. The van der Waals surface area contributed by atoms with Crippen molar-refractivity contribution in [3.8, 4) is 17.6 Å². The molecule has 0 aliphatic heterocycles. The molecule has 0 fully saturated rings. The fourth-order valence-corrected chi connectivity index (χ4v) is 1.93. The van der Waals surface area contributed by atoms with E-state index in [1.165, 1.54) is 50.6 Å². The third-order valence-corrected chi connectivity index (χ3v) is 3.21. The van der Waals surface area contributed by atoms with Crippen LogP contribution in [0, 0.1) is 11.8 Å². The summed E-state index contributed by atoms with van der Waals surface area (Å²) in [7, 11) is 2.75. The molecule has 0 spiro atoms. The zero-order valence-corrected chi connectivity index (χ0v) is 13.2. The Hall–Kier alpha value is -3.04. The van der Waals surface area contributed by atoms with Crippen molar-refractivity contribution in [2.75, 3.05) is 14.2 Å². The zero-order valence-electron chi connectivity index (χ0n) is 13.2. The standard InChI is InChI=1S/C18H16O6/c1-22-16-11-12(4-10-17(20)23-2)3-9-15(16)24-18(21)13-5-7-14(19)8-6-13/h4-8,10-11,15-16,19H,1-2H3/b10-4+/t15?,16-/m1/s1. The van der Waals surface area contributed by atoms with Crippen molar-refractivity contribution in [2.45, 2.75) is 12.2 Å². The van der Waals surface area contributed by atoms with Crippen molar-refractivity contribution < 1.29 is 28.9 Å². The fourth-order valence-electron chi connectivity index (χ4n) is 1.93. The van der Waals surface area contributed by atoms with Crippen LogP contribution < -0.4 is 0 Å². The van der Waals surface area contributed by atoms with Crippen LogP contribution in [0.2, 0.25) is 0 Å². The monoisotopic (exact) mass is 328 g/mol. The fraction of sp³-hybridized carbons (Fsp3) is 0.222. The van der Waals surface area contributed by atoms with Crippen LogP contribution in [0.15, 0.2) is 48.1 Å². The Kier molecular flexibility index (Phi) is 5.77. The molecule has 6 heteroatoms. The number of phenolic OH excluding ortho intramolecular Hbond substituents is 1. The highest BCUT2D eigenvalue weighted by Gasteiger charge is 2.25. The van der Waals surface area contributed by atoms with Crippen molar-refractivity contribution in [1.82, 2.24) is 0 Å². The quantitative estimate of drug-likeness (QED) is 0.502. The van der Waals surface area contributed by atoms with Crippen molar-refractivity contribution in [1.29, 1.82) is 0 Å². The maximum atomic E-state index is 12.1. The van der Waals surface area contributed by atoms with E-state index in [0.717, 1.165) is 0 Å². The Bertz CT molecular complexity index is 733. The molecule has 0 radical (unpaired) electrons. The highest BCUT2D eigenvalue weighted by Crippen LogP contribution is 2.16. The molecule has 6 nitrogen and oxygen atoms in total. The van der Waals surface area contributed by atoms with E-state index in [2.05, 4.69) is 16.6 Å². The second kappa shape index (κ2) is 7.99. The minimum absolute atomic E-state index is 0.0590. The van der Waals surface area contributed by atoms with Crippen LogP contribution in [0.25, 0.3) is 0 Å². The van der Waals surface area contributed by atoms with Gasteiger partial charge in [-0.1, -0.05) is 5.92 Å². The number of aromatic hydroxyl groups is 1. The number of carbonyl (C=O) groups excluding carboxylic acids is 2. The van der Waals surface area contributed by atoms with Gasteiger partial charge in [-0.15, -0.1) is 0 Å². The lowest BCUT2D eigenvalue weighted by Crippen LogP contribution is -2.32. The van der Waals surface area contributed by atoms with E-state index in [4.69, 9.17) is 9.47 Å². The molecular formula is C18H16O6. The minimum atomic E-state index is -0.772. The van der Waals surface area contributed by atoms with Crippen LogP contribution in [-0.2, 0) is 19.0 Å². The maximum absolute atomic E-state index is 12.1. The first kappa shape index (κ1) is 17.3. The molecule has 0 saturated heterocycles. The van der Waals surface area contributed by atoms with Crippen LogP contribution >= 0.6 is 0 Å². The largest absolute Gasteiger partial charge is 0.508 e. The van der Waals surface area contributed by atoms with Crippen molar-refractivity contribution >= 4 is 11.9 Å². The number of allylic oxidation sites excluding steroid dienone is 2. The van der Waals surface area contributed by atoms with Gasteiger partial charge in [-0.3, -0.25) is 0 Å². The average Bonchev–Trinajstić information content (AvgIpc) is 2.60. The normalized spacial score (nSPS) is 19.2. The Morgan fingerprint density at radius 3 is 2.54 bits per heavy atom. The van der Waals surface area contributed by atoms with Gasteiger partial charge < -0.3 is 19.3 Å². The summed E-state index contributed by atoms with van der Waals surface area (Å²) in [6.07, 6.45) is 3.07. The van der Waals surface area contributed by atoms with Crippen LogP contribution in [0.4, 0.5) is 0 Å². The lowest BCUT2D eigenvalue weighted by Gasteiger charge is -2.21. The number of esters is 2. The van der Waals surface area contributed by atoms with E-state index >= 15 is 0 Å².